The van der Waals surface area contributed by atoms with Crippen molar-refractivity contribution in [1.29, 1.82) is 5.26 Å². The number of aryl methyl sites for hydroxylation is 2. The van der Waals surface area contributed by atoms with Crippen LogP contribution in [-0.4, -0.2) is 21.8 Å². The molecule has 0 aliphatic carbocycles. The van der Waals surface area contributed by atoms with E-state index in [0.717, 1.165) is 23.1 Å². The molecule has 36 heavy (non-hydrogen) atoms. The van der Waals surface area contributed by atoms with Gasteiger partial charge in [0.05, 0.1) is 0 Å². The number of carbonyl (C=O) groups is 1. The molecule has 2 aromatic heterocycles. The van der Waals surface area contributed by atoms with Crippen molar-refractivity contribution in [1.82, 2.24) is 14.7 Å². The van der Waals surface area contributed by atoms with Crippen molar-refractivity contribution >= 4 is 17.6 Å². The molecule has 0 unspecified atom stereocenters. The highest BCUT2D eigenvalue weighted by atomic mass is 16.5. The first-order valence-electron chi connectivity index (χ1n) is 11.7. The average molecular weight is 479 g/mol. The van der Waals surface area contributed by atoms with Gasteiger partial charge in [0, 0.05) is 12.7 Å². The second-order valence-electron chi connectivity index (χ2n) is 8.28. The van der Waals surface area contributed by atoms with Crippen LogP contribution < -0.4 is 15.6 Å². The summed E-state index contributed by atoms with van der Waals surface area (Å²) in [5, 5.41) is 12.5. The minimum atomic E-state index is -0.569. The highest BCUT2D eigenvalue weighted by molar-refractivity contribution is 6.01. The van der Waals surface area contributed by atoms with Crippen LogP contribution in [0.4, 0.5) is 0 Å². The van der Waals surface area contributed by atoms with Gasteiger partial charge in [-0.05, 0) is 60.7 Å². The summed E-state index contributed by atoms with van der Waals surface area (Å²) in [4.78, 5) is 30.8. The summed E-state index contributed by atoms with van der Waals surface area (Å²) >= 11 is 0. The number of amides is 1. The Morgan fingerprint density at radius 3 is 2.53 bits per heavy atom. The normalized spacial score (nSPS) is 11.2. The van der Waals surface area contributed by atoms with E-state index in [9.17, 15) is 14.9 Å². The van der Waals surface area contributed by atoms with Crippen LogP contribution in [0.25, 0.3) is 11.7 Å². The van der Waals surface area contributed by atoms with E-state index in [-0.39, 0.29) is 17.0 Å². The number of ether oxygens (including phenoxy) is 1. The second kappa shape index (κ2) is 11.2. The van der Waals surface area contributed by atoms with Gasteiger partial charge < -0.3 is 10.1 Å². The molecule has 7 heteroatoms. The molecule has 0 saturated heterocycles. The van der Waals surface area contributed by atoms with Gasteiger partial charge >= 0.3 is 0 Å². The number of pyridine rings is 1. The third-order valence-electron chi connectivity index (χ3n) is 5.79. The van der Waals surface area contributed by atoms with Gasteiger partial charge in [-0.2, -0.15) is 10.2 Å². The van der Waals surface area contributed by atoms with Crippen LogP contribution in [0.5, 0.6) is 11.6 Å². The Balaban J connectivity index is 1.69. The lowest BCUT2D eigenvalue weighted by molar-refractivity contribution is -0.117. The number of rotatable bonds is 8. The fourth-order valence-electron chi connectivity index (χ4n) is 3.75. The molecule has 0 saturated carbocycles. The summed E-state index contributed by atoms with van der Waals surface area (Å²) in [6.45, 7) is 4.25. The number of nitrogens with one attached hydrogen (secondary N) is 1. The van der Waals surface area contributed by atoms with E-state index in [1.807, 2.05) is 61.5 Å². The molecule has 0 radical (unpaired) electrons. The van der Waals surface area contributed by atoms with E-state index >= 15 is 0 Å². The second-order valence-corrected chi connectivity index (χ2v) is 8.28. The molecule has 4 rings (SSSR count). The Hall–Kier alpha value is -4.70. The number of benzene rings is 2. The summed E-state index contributed by atoms with van der Waals surface area (Å²) in [5.41, 5.74) is 2.81. The quantitative estimate of drug-likeness (QED) is 0.294. The molecule has 180 valence electrons. The van der Waals surface area contributed by atoms with E-state index in [2.05, 4.69) is 17.2 Å². The molecule has 7 nitrogen and oxygen atoms in total. The van der Waals surface area contributed by atoms with E-state index in [1.165, 1.54) is 10.5 Å². The van der Waals surface area contributed by atoms with E-state index < -0.39 is 11.5 Å². The molecule has 0 fully saturated rings. The van der Waals surface area contributed by atoms with Crippen molar-refractivity contribution in [2.45, 2.75) is 26.7 Å². The van der Waals surface area contributed by atoms with Crippen molar-refractivity contribution in [3.05, 3.63) is 111 Å². The minimum absolute atomic E-state index is 0.0208. The number of fused-ring (bicyclic) bond motifs is 1. The van der Waals surface area contributed by atoms with Crippen LogP contribution in [0.3, 0.4) is 0 Å². The van der Waals surface area contributed by atoms with Crippen LogP contribution in [0.2, 0.25) is 0 Å². The molecule has 4 aromatic rings. The fraction of sp³-hybridized carbons (Fsp3) is 0.172. The predicted octanol–water partition coefficient (Wildman–Crippen LogP) is 4.62. The standard InChI is InChI=1S/C29H26N4O3/c1-3-21-11-13-24(14-12-21)36-28-25(29(35)33-17-7-8-20(2)26(33)32-28)18-23(19-30)27(34)31-16-15-22-9-5-4-6-10-22/h4-14,17-18H,3,15-16H2,1-2H3,(H,31,34)/b23-18+. The lowest BCUT2D eigenvalue weighted by Crippen LogP contribution is -2.27. The first kappa shape index (κ1) is 24.4. The molecule has 0 atom stereocenters. The Morgan fingerprint density at radius 1 is 1.08 bits per heavy atom. The molecular weight excluding hydrogens is 452 g/mol. The lowest BCUT2D eigenvalue weighted by atomic mass is 10.1. The van der Waals surface area contributed by atoms with Crippen molar-refractivity contribution in [2.75, 3.05) is 6.54 Å². The smallest absolute Gasteiger partial charge is 0.269 e. The van der Waals surface area contributed by atoms with Gasteiger partial charge in [0.25, 0.3) is 11.5 Å². The van der Waals surface area contributed by atoms with Crippen LogP contribution in [0.15, 0.2) is 83.3 Å². The number of carbonyl (C=O) groups excluding carboxylic acids is 1. The van der Waals surface area contributed by atoms with E-state index in [1.54, 1.807) is 24.4 Å². The Labute approximate surface area is 209 Å². The number of hydrogen-bond acceptors (Lipinski definition) is 5. The Kier molecular flexibility index (Phi) is 7.57. The van der Waals surface area contributed by atoms with Gasteiger partial charge in [-0.1, -0.05) is 55.5 Å². The van der Waals surface area contributed by atoms with Gasteiger partial charge in [-0.25, -0.2) is 0 Å². The third-order valence-corrected chi connectivity index (χ3v) is 5.79. The molecule has 1 amide bonds. The van der Waals surface area contributed by atoms with Crippen molar-refractivity contribution in [3.8, 4) is 17.7 Å². The van der Waals surface area contributed by atoms with E-state index in [0.29, 0.717) is 24.4 Å². The summed E-state index contributed by atoms with van der Waals surface area (Å²) in [5.74, 6) is -0.0405. The molecule has 1 N–H and O–H groups in total. The third kappa shape index (κ3) is 5.50. The van der Waals surface area contributed by atoms with Gasteiger partial charge in [0.2, 0.25) is 5.88 Å². The monoisotopic (exact) mass is 478 g/mol. The molecule has 0 spiro atoms. The lowest BCUT2D eigenvalue weighted by Gasteiger charge is -2.12. The molecule has 2 heterocycles. The van der Waals surface area contributed by atoms with Crippen molar-refractivity contribution < 1.29 is 9.53 Å². The zero-order valence-electron chi connectivity index (χ0n) is 20.2. The number of nitrogens with zero attached hydrogens (tertiary/aromatic N) is 3. The number of hydrogen-bond donors (Lipinski definition) is 1. The zero-order chi connectivity index (χ0) is 25.5. The average Bonchev–Trinajstić information content (AvgIpc) is 2.90. The molecule has 0 aliphatic heterocycles. The highest BCUT2D eigenvalue weighted by Gasteiger charge is 2.18. The maximum Gasteiger partial charge on any atom is 0.269 e. The first-order valence-corrected chi connectivity index (χ1v) is 11.7. The predicted molar refractivity (Wildman–Crippen MR) is 139 cm³/mol. The van der Waals surface area contributed by atoms with Gasteiger partial charge in [-0.3, -0.25) is 14.0 Å². The number of nitriles is 1. The Morgan fingerprint density at radius 2 is 1.83 bits per heavy atom. The molecule has 2 aromatic carbocycles. The van der Waals surface area contributed by atoms with Crippen LogP contribution in [0, 0.1) is 18.3 Å². The van der Waals surface area contributed by atoms with Crippen LogP contribution >= 0.6 is 0 Å². The fourth-order valence-corrected chi connectivity index (χ4v) is 3.75. The van der Waals surface area contributed by atoms with Crippen LogP contribution in [0.1, 0.15) is 29.2 Å². The maximum atomic E-state index is 13.4. The van der Waals surface area contributed by atoms with Crippen LogP contribution in [-0.2, 0) is 17.6 Å². The highest BCUT2D eigenvalue weighted by Crippen LogP contribution is 2.25. The topological polar surface area (TPSA) is 96.5 Å². The molecule has 0 aliphatic rings. The van der Waals surface area contributed by atoms with Crippen molar-refractivity contribution in [3.63, 3.8) is 0 Å². The summed E-state index contributed by atoms with van der Waals surface area (Å²) < 4.78 is 7.39. The Bertz CT molecular complexity index is 1510. The van der Waals surface area contributed by atoms with Gasteiger partial charge in [0.1, 0.15) is 28.6 Å². The maximum absolute atomic E-state index is 13.4. The van der Waals surface area contributed by atoms with Crippen molar-refractivity contribution in [2.24, 2.45) is 0 Å². The van der Waals surface area contributed by atoms with Gasteiger partial charge in [-0.15, -0.1) is 0 Å². The zero-order valence-corrected chi connectivity index (χ0v) is 20.2. The largest absolute Gasteiger partial charge is 0.438 e. The number of aromatic nitrogens is 2. The van der Waals surface area contributed by atoms with Gasteiger partial charge in [0.15, 0.2) is 0 Å². The first-order chi connectivity index (χ1) is 17.5. The summed E-state index contributed by atoms with van der Waals surface area (Å²) in [6.07, 6.45) is 4.35. The minimum Gasteiger partial charge on any atom is -0.438 e. The summed E-state index contributed by atoms with van der Waals surface area (Å²) in [7, 11) is 0. The van der Waals surface area contributed by atoms with E-state index in [4.69, 9.17) is 4.74 Å². The molecular formula is C29H26N4O3. The molecule has 0 bridgehead atoms. The summed E-state index contributed by atoms with van der Waals surface area (Å²) in [6, 6.07) is 22.7. The SMILES string of the molecule is CCc1ccc(Oc2nc3c(C)cccn3c(=O)c2/C=C(\C#N)C(=O)NCCc2ccccc2)cc1.